The summed E-state index contributed by atoms with van der Waals surface area (Å²) in [6, 6.07) is 3.55. The standard InChI is InChI=1S/C18H18N4O3/c1-2-3-7-18(20-21-18)8-6-16(23)22-11-14(15(12-22)17(24)25)13-5-4-9-19-10-13/h1,4-5,9-10H,3,6-8,11-12H2,(H,24,25). The Bertz CT molecular complexity index is 786. The molecule has 0 bridgehead atoms. The third-order valence-corrected chi connectivity index (χ3v) is 4.47. The number of hydrogen-bond donors (Lipinski definition) is 1. The summed E-state index contributed by atoms with van der Waals surface area (Å²) in [5, 5.41) is 17.5. The van der Waals surface area contributed by atoms with Gasteiger partial charge in [-0.25, -0.2) is 4.79 Å². The third kappa shape index (κ3) is 3.74. The lowest BCUT2D eigenvalue weighted by atomic mass is 10.0. The Labute approximate surface area is 145 Å². The lowest BCUT2D eigenvalue weighted by Gasteiger charge is -2.17. The van der Waals surface area contributed by atoms with Gasteiger partial charge in [-0.2, -0.15) is 10.2 Å². The van der Waals surface area contributed by atoms with Crippen LogP contribution in [0.15, 0.2) is 40.3 Å². The van der Waals surface area contributed by atoms with Crippen LogP contribution in [0.3, 0.4) is 0 Å². The molecule has 3 heterocycles. The summed E-state index contributed by atoms with van der Waals surface area (Å²) in [5.41, 5.74) is 1.10. The van der Waals surface area contributed by atoms with Gasteiger partial charge < -0.3 is 10.0 Å². The van der Waals surface area contributed by atoms with Crippen LogP contribution in [0.25, 0.3) is 5.57 Å². The first-order valence-electron chi connectivity index (χ1n) is 8.06. The van der Waals surface area contributed by atoms with Crippen molar-refractivity contribution in [3.05, 3.63) is 35.7 Å². The summed E-state index contributed by atoms with van der Waals surface area (Å²) >= 11 is 0. The molecule has 0 saturated heterocycles. The van der Waals surface area contributed by atoms with Crippen molar-refractivity contribution in [3.8, 4) is 12.3 Å². The predicted octanol–water partition coefficient (Wildman–Crippen LogP) is 2.12. The number of amides is 1. The first-order chi connectivity index (χ1) is 12.0. The van der Waals surface area contributed by atoms with E-state index in [0.717, 1.165) is 5.56 Å². The molecule has 1 N–H and O–H groups in total. The van der Waals surface area contributed by atoms with Gasteiger partial charge in [0.1, 0.15) is 0 Å². The first kappa shape index (κ1) is 16.8. The molecule has 0 aliphatic carbocycles. The maximum atomic E-state index is 12.5. The molecule has 128 valence electrons. The van der Waals surface area contributed by atoms with E-state index in [9.17, 15) is 14.7 Å². The molecule has 7 nitrogen and oxygen atoms in total. The van der Waals surface area contributed by atoms with E-state index in [1.165, 1.54) is 0 Å². The number of aromatic nitrogens is 1. The van der Waals surface area contributed by atoms with Gasteiger partial charge >= 0.3 is 5.97 Å². The molecule has 0 aromatic carbocycles. The van der Waals surface area contributed by atoms with E-state index in [1.54, 1.807) is 29.4 Å². The van der Waals surface area contributed by atoms with Crippen LogP contribution in [-0.2, 0) is 9.59 Å². The number of rotatable bonds is 7. The number of carboxylic acids is 1. The molecule has 0 radical (unpaired) electrons. The zero-order chi connectivity index (χ0) is 17.9. The van der Waals surface area contributed by atoms with Gasteiger partial charge in [0.2, 0.25) is 5.91 Å². The molecular formula is C18H18N4O3. The molecule has 1 amide bonds. The van der Waals surface area contributed by atoms with E-state index < -0.39 is 11.6 Å². The van der Waals surface area contributed by atoms with Crippen molar-refractivity contribution in [1.82, 2.24) is 9.88 Å². The van der Waals surface area contributed by atoms with Gasteiger partial charge in [0.25, 0.3) is 0 Å². The van der Waals surface area contributed by atoms with E-state index in [1.807, 2.05) is 0 Å². The largest absolute Gasteiger partial charge is 0.478 e. The maximum absolute atomic E-state index is 12.5. The van der Waals surface area contributed by atoms with Crippen molar-refractivity contribution in [2.24, 2.45) is 10.2 Å². The second-order valence-corrected chi connectivity index (χ2v) is 6.14. The molecule has 2 aliphatic rings. The lowest BCUT2D eigenvalue weighted by Crippen LogP contribution is -2.31. The Kier molecular flexibility index (Phi) is 4.61. The number of nitrogens with zero attached hydrogens (tertiary/aromatic N) is 4. The second-order valence-electron chi connectivity index (χ2n) is 6.14. The average Bonchev–Trinajstić information content (AvgIpc) is 3.25. The number of terminal acetylenes is 1. The molecule has 25 heavy (non-hydrogen) atoms. The lowest BCUT2D eigenvalue weighted by molar-refractivity contribution is -0.133. The van der Waals surface area contributed by atoms with Crippen LogP contribution in [0.2, 0.25) is 0 Å². The molecule has 3 rings (SSSR count). The van der Waals surface area contributed by atoms with Crippen LogP contribution in [-0.4, -0.2) is 45.6 Å². The number of hydrogen-bond acceptors (Lipinski definition) is 5. The summed E-state index contributed by atoms with van der Waals surface area (Å²) in [4.78, 5) is 29.6. The highest BCUT2D eigenvalue weighted by atomic mass is 16.4. The fourth-order valence-corrected chi connectivity index (χ4v) is 2.94. The highest BCUT2D eigenvalue weighted by molar-refractivity contribution is 6.00. The van der Waals surface area contributed by atoms with Gasteiger partial charge in [-0.1, -0.05) is 6.07 Å². The van der Waals surface area contributed by atoms with Gasteiger partial charge in [-0.15, -0.1) is 12.3 Å². The molecule has 7 heteroatoms. The smallest absolute Gasteiger partial charge is 0.333 e. The molecule has 0 unspecified atom stereocenters. The van der Waals surface area contributed by atoms with Crippen molar-refractivity contribution in [3.63, 3.8) is 0 Å². The summed E-state index contributed by atoms with van der Waals surface area (Å²) in [7, 11) is 0. The van der Waals surface area contributed by atoms with Crippen molar-refractivity contribution in [1.29, 1.82) is 0 Å². The molecular weight excluding hydrogens is 320 g/mol. The van der Waals surface area contributed by atoms with Crippen LogP contribution in [0.1, 0.15) is 31.2 Å². The van der Waals surface area contributed by atoms with Gasteiger partial charge in [0.15, 0.2) is 5.66 Å². The molecule has 0 saturated carbocycles. The fraction of sp³-hybridized carbons (Fsp3) is 0.389. The summed E-state index contributed by atoms with van der Waals surface area (Å²) in [6.45, 7) is 0.377. The van der Waals surface area contributed by atoms with E-state index in [0.29, 0.717) is 24.8 Å². The molecule has 0 fully saturated rings. The van der Waals surface area contributed by atoms with E-state index in [-0.39, 0.29) is 31.0 Å². The van der Waals surface area contributed by atoms with Gasteiger partial charge in [0.05, 0.1) is 12.1 Å². The highest BCUT2D eigenvalue weighted by Crippen LogP contribution is 2.38. The van der Waals surface area contributed by atoms with Crippen molar-refractivity contribution in [2.75, 3.05) is 13.1 Å². The minimum absolute atomic E-state index is 0.101. The van der Waals surface area contributed by atoms with Gasteiger partial charge in [0, 0.05) is 44.6 Å². The van der Waals surface area contributed by atoms with Gasteiger partial charge in [-0.3, -0.25) is 9.78 Å². The Hall–Kier alpha value is -3.01. The van der Waals surface area contributed by atoms with E-state index >= 15 is 0 Å². The second kappa shape index (κ2) is 6.85. The summed E-state index contributed by atoms with van der Waals surface area (Å²) < 4.78 is 0. The summed E-state index contributed by atoms with van der Waals surface area (Å²) in [6.07, 6.45) is 10.5. The third-order valence-electron chi connectivity index (χ3n) is 4.47. The molecule has 2 aliphatic heterocycles. The highest BCUT2D eigenvalue weighted by Gasteiger charge is 2.40. The monoisotopic (exact) mass is 338 g/mol. The van der Waals surface area contributed by atoms with E-state index in [2.05, 4.69) is 21.1 Å². The zero-order valence-electron chi connectivity index (χ0n) is 13.7. The molecule has 0 spiro atoms. The summed E-state index contributed by atoms with van der Waals surface area (Å²) in [5.74, 6) is 1.45. The molecule has 0 atom stereocenters. The van der Waals surface area contributed by atoms with Gasteiger partial charge in [-0.05, 0) is 17.2 Å². The first-order valence-corrected chi connectivity index (χ1v) is 8.06. The Morgan fingerprint density at radius 2 is 2.12 bits per heavy atom. The van der Waals surface area contributed by atoms with Crippen molar-refractivity contribution in [2.45, 2.75) is 31.3 Å². The van der Waals surface area contributed by atoms with Crippen LogP contribution in [0.4, 0.5) is 0 Å². The maximum Gasteiger partial charge on any atom is 0.333 e. The van der Waals surface area contributed by atoms with Crippen molar-refractivity contribution < 1.29 is 14.7 Å². The Morgan fingerprint density at radius 1 is 1.32 bits per heavy atom. The quantitative estimate of drug-likeness (QED) is 0.770. The number of aliphatic carboxylic acids is 1. The van der Waals surface area contributed by atoms with Crippen LogP contribution in [0, 0.1) is 12.3 Å². The fourth-order valence-electron chi connectivity index (χ4n) is 2.94. The number of carbonyl (C=O) groups excluding carboxylic acids is 1. The predicted molar refractivity (Wildman–Crippen MR) is 90.3 cm³/mol. The molecule has 1 aromatic heterocycles. The minimum Gasteiger partial charge on any atom is -0.478 e. The Morgan fingerprint density at radius 3 is 2.72 bits per heavy atom. The molecule has 1 aromatic rings. The number of pyridine rings is 1. The normalized spacial score (nSPS) is 17.5. The van der Waals surface area contributed by atoms with Crippen LogP contribution >= 0.6 is 0 Å². The Balaban J connectivity index is 1.63. The average molecular weight is 338 g/mol. The number of carboxylic acid groups (broad SMARTS) is 1. The van der Waals surface area contributed by atoms with Crippen LogP contribution < -0.4 is 0 Å². The number of carbonyl (C=O) groups is 2. The SMILES string of the molecule is C#CCCC1(CCC(=O)N2CC(C(=O)O)=C(c3cccnc3)C2)N=N1. The minimum atomic E-state index is -1.01. The zero-order valence-corrected chi connectivity index (χ0v) is 13.7. The topological polar surface area (TPSA) is 95.2 Å². The van der Waals surface area contributed by atoms with Crippen LogP contribution in [0.5, 0.6) is 0 Å². The van der Waals surface area contributed by atoms with E-state index in [4.69, 9.17) is 6.42 Å². The van der Waals surface area contributed by atoms with Crippen molar-refractivity contribution >= 4 is 17.4 Å².